The predicted molar refractivity (Wildman–Crippen MR) is 70.7 cm³/mol. The lowest BCUT2D eigenvalue weighted by atomic mass is 10.1. The zero-order chi connectivity index (χ0) is 14.3. The van der Waals surface area contributed by atoms with Gasteiger partial charge in [0.05, 0.1) is 19.6 Å². The Bertz CT molecular complexity index is 433. The van der Waals surface area contributed by atoms with Crippen molar-refractivity contribution >= 4 is 23.5 Å². The van der Waals surface area contributed by atoms with Gasteiger partial charge in [-0.3, -0.25) is 9.59 Å². The number of aliphatic hydroxyl groups is 1. The van der Waals surface area contributed by atoms with Crippen LogP contribution in [0.4, 0.5) is 0 Å². The van der Waals surface area contributed by atoms with Gasteiger partial charge < -0.3 is 15.2 Å². The number of halogens is 1. The first-order chi connectivity index (χ1) is 9.02. The normalized spacial score (nSPS) is 11.7. The number of hydrogen-bond donors (Lipinski definition) is 2. The molecule has 0 aliphatic rings. The number of rotatable bonds is 6. The van der Waals surface area contributed by atoms with E-state index in [2.05, 4.69) is 10.1 Å². The average molecular weight is 286 g/mol. The lowest BCUT2D eigenvalue weighted by Gasteiger charge is -2.12. The van der Waals surface area contributed by atoms with Gasteiger partial charge in [0, 0.05) is 18.0 Å². The molecule has 0 aliphatic carbocycles. The van der Waals surface area contributed by atoms with E-state index in [1.54, 1.807) is 24.3 Å². The van der Waals surface area contributed by atoms with Crippen molar-refractivity contribution in [3.05, 3.63) is 34.9 Å². The van der Waals surface area contributed by atoms with Crippen molar-refractivity contribution in [2.45, 2.75) is 18.9 Å². The first-order valence-electron chi connectivity index (χ1n) is 5.80. The molecule has 1 amide bonds. The van der Waals surface area contributed by atoms with Crippen molar-refractivity contribution in [2.75, 3.05) is 13.7 Å². The number of esters is 1. The maximum Gasteiger partial charge on any atom is 0.306 e. The van der Waals surface area contributed by atoms with Crippen LogP contribution in [0, 0.1) is 0 Å². The highest BCUT2D eigenvalue weighted by Gasteiger charge is 2.10. The van der Waals surface area contributed by atoms with Crippen LogP contribution >= 0.6 is 11.6 Å². The number of hydrogen-bond acceptors (Lipinski definition) is 4. The first kappa shape index (κ1) is 15.5. The van der Waals surface area contributed by atoms with Gasteiger partial charge in [-0.1, -0.05) is 23.7 Å². The molecule has 0 aliphatic heterocycles. The highest BCUT2D eigenvalue weighted by molar-refractivity contribution is 6.30. The molecule has 0 radical (unpaired) electrons. The van der Waals surface area contributed by atoms with E-state index in [1.807, 2.05) is 0 Å². The van der Waals surface area contributed by atoms with Gasteiger partial charge in [0.1, 0.15) is 0 Å². The standard InChI is InChI=1S/C13H16ClNO4/c1-19-13(18)7-6-12(17)15-8-11(16)9-2-4-10(14)5-3-9/h2-5,11,16H,6-8H2,1H3,(H,15,17). The van der Waals surface area contributed by atoms with E-state index < -0.39 is 12.1 Å². The summed E-state index contributed by atoms with van der Waals surface area (Å²) >= 11 is 5.73. The molecule has 0 heterocycles. The number of benzene rings is 1. The molecule has 0 spiro atoms. The van der Waals surface area contributed by atoms with E-state index in [9.17, 15) is 14.7 Å². The first-order valence-corrected chi connectivity index (χ1v) is 6.17. The average Bonchev–Trinajstić information content (AvgIpc) is 2.42. The molecule has 0 fully saturated rings. The number of nitrogens with one attached hydrogen (secondary N) is 1. The fourth-order valence-corrected chi connectivity index (χ4v) is 1.55. The molecule has 1 aromatic carbocycles. The summed E-state index contributed by atoms with van der Waals surface area (Å²) in [6.07, 6.45) is -0.737. The van der Waals surface area contributed by atoms with E-state index in [4.69, 9.17) is 11.6 Å². The fraction of sp³-hybridized carbons (Fsp3) is 0.385. The quantitative estimate of drug-likeness (QED) is 0.776. The highest BCUT2D eigenvalue weighted by Crippen LogP contribution is 2.15. The molecule has 1 unspecified atom stereocenters. The second-order valence-corrected chi connectivity index (χ2v) is 4.38. The molecule has 1 atom stereocenters. The summed E-state index contributed by atoms with van der Waals surface area (Å²) in [7, 11) is 1.27. The van der Waals surface area contributed by atoms with Crippen LogP contribution in [0.5, 0.6) is 0 Å². The predicted octanol–water partition coefficient (Wildman–Crippen LogP) is 1.44. The van der Waals surface area contributed by atoms with Gasteiger partial charge in [0.2, 0.25) is 5.91 Å². The fourth-order valence-electron chi connectivity index (χ4n) is 1.42. The monoisotopic (exact) mass is 285 g/mol. The van der Waals surface area contributed by atoms with E-state index in [1.165, 1.54) is 7.11 Å². The Kier molecular flexibility index (Phi) is 6.32. The number of methoxy groups -OCH3 is 1. The molecule has 0 aromatic heterocycles. The summed E-state index contributed by atoms with van der Waals surface area (Å²) in [4.78, 5) is 22.2. The number of carbonyl (C=O) groups excluding carboxylic acids is 2. The molecular formula is C13H16ClNO4. The summed E-state index contributed by atoms with van der Waals surface area (Å²) < 4.78 is 4.43. The number of aliphatic hydroxyl groups excluding tert-OH is 1. The van der Waals surface area contributed by atoms with Gasteiger partial charge in [0.15, 0.2) is 0 Å². The molecule has 104 valence electrons. The van der Waals surface area contributed by atoms with Gasteiger partial charge in [0.25, 0.3) is 0 Å². The Morgan fingerprint density at radius 2 is 1.95 bits per heavy atom. The minimum atomic E-state index is -0.806. The Morgan fingerprint density at radius 1 is 1.32 bits per heavy atom. The third-order valence-electron chi connectivity index (χ3n) is 2.53. The molecule has 5 nitrogen and oxygen atoms in total. The molecule has 0 bridgehead atoms. The number of amides is 1. The maximum absolute atomic E-state index is 11.4. The Hall–Kier alpha value is -1.59. The summed E-state index contributed by atoms with van der Waals surface area (Å²) in [5.74, 6) is -0.744. The van der Waals surface area contributed by atoms with Crippen molar-refractivity contribution in [3.8, 4) is 0 Å². The van der Waals surface area contributed by atoms with Crippen molar-refractivity contribution in [2.24, 2.45) is 0 Å². The van der Waals surface area contributed by atoms with E-state index >= 15 is 0 Å². The highest BCUT2D eigenvalue weighted by atomic mass is 35.5. The van der Waals surface area contributed by atoms with Crippen molar-refractivity contribution in [1.29, 1.82) is 0 Å². The van der Waals surface area contributed by atoms with Crippen LogP contribution < -0.4 is 5.32 Å². The molecule has 1 aromatic rings. The van der Waals surface area contributed by atoms with Crippen molar-refractivity contribution < 1.29 is 19.4 Å². The summed E-state index contributed by atoms with van der Waals surface area (Å²) in [5.41, 5.74) is 0.665. The van der Waals surface area contributed by atoms with Gasteiger partial charge in [-0.15, -0.1) is 0 Å². The lowest BCUT2D eigenvalue weighted by Crippen LogP contribution is -2.28. The van der Waals surface area contributed by atoms with Gasteiger partial charge in [-0.05, 0) is 17.7 Å². The van der Waals surface area contributed by atoms with Crippen LogP contribution in [-0.4, -0.2) is 30.6 Å². The largest absolute Gasteiger partial charge is 0.469 e. The van der Waals surface area contributed by atoms with Crippen LogP contribution in [0.2, 0.25) is 5.02 Å². The third-order valence-corrected chi connectivity index (χ3v) is 2.78. The second kappa shape index (κ2) is 7.76. The Balaban J connectivity index is 2.33. The molecule has 0 saturated heterocycles. The lowest BCUT2D eigenvalue weighted by molar-refractivity contribution is -0.142. The molecule has 1 rings (SSSR count). The van der Waals surface area contributed by atoms with Crippen LogP contribution in [0.15, 0.2) is 24.3 Å². The van der Waals surface area contributed by atoms with Crippen molar-refractivity contribution in [1.82, 2.24) is 5.32 Å². The third kappa shape index (κ3) is 5.72. The second-order valence-electron chi connectivity index (χ2n) is 3.95. The van der Waals surface area contributed by atoms with Crippen LogP contribution in [0.3, 0.4) is 0 Å². The molecule has 6 heteroatoms. The Morgan fingerprint density at radius 3 is 2.53 bits per heavy atom. The smallest absolute Gasteiger partial charge is 0.306 e. The van der Waals surface area contributed by atoms with E-state index in [0.717, 1.165) is 0 Å². The SMILES string of the molecule is COC(=O)CCC(=O)NCC(O)c1ccc(Cl)cc1. The van der Waals surface area contributed by atoms with Crippen LogP contribution in [0.25, 0.3) is 0 Å². The van der Waals surface area contributed by atoms with Gasteiger partial charge in [-0.2, -0.15) is 0 Å². The number of carbonyl (C=O) groups is 2. The number of ether oxygens (including phenoxy) is 1. The van der Waals surface area contributed by atoms with Crippen LogP contribution in [-0.2, 0) is 14.3 Å². The minimum absolute atomic E-state index is 0.0272. The topological polar surface area (TPSA) is 75.6 Å². The van der Waals surface area contributed by atoms with Crippen molar-refractivity contribution in [3.63, 3.8) is 0 Å². The zero-order valence-electron chi connectivity index (χ0n) is 10.6. The molecule has 19 heavy (non-hydrogen) atoms. The maximum atomic E-state index is 11.4. The molecule has 0 saturated carbocycles. The summed E-state index contributed by atoms with van der Waals surface area (Å²) in [6, 6.07) is 6.71. The summed E-state index contributed by atoms with van der Waals surface area (Å²) in [6.45, 7) is 0.0850. The van der Waals surface area contributed by atoms with E-state index in [0.29, 0.717) is 10.6 Å². The van der Waals surface area contributed by atoms with Gasteiger partial charge in [-0.25, -0.2) is 0 Å². The molecular weight excluding hydrogens is 270 g/mol. The molecule has 2 N–H and O–H groups in total. The minimum Gasteiger partial charge on any atom is -0.469 e. The van der Waals surface area contributed by atoms with Crippen LogP contribution in [0.1, 0.15) is 24.5 Å². The summed E-state index contributed by atoms with van der Waals surface area (Å²) in [5, 5.41) is 13.0. The van der Waals surface area contributed by atoms with Gasteiger partial charge >= 0.3 is 5.97 Å². The van der Waals surface area contributed by atoms with E-state index in [-0.39, 0.29) is 25.3 Å². The zero-order valence-corrected chi connectivity index (χ0v) is 11.3. The Labute approximate surface area is 116 Å².